The molecule has 7 heteroatoms. The second-order valence-corrected chi connectivity index (χ2v) is 7.63. The van der Waals surface area contributed by atoms with Crippen LogP contribution in [0.25, 0.3) is 0 Å². The highest BCUT2D eigenvalue weighted by atomic mass is 35.5. The van der Waals surface area contributed by atoms with Crippen molar-refractivity contribution in [2.75, 3.05) is 11.3 Å². The van der Waals surface area contributed by atoms with E-state index in [4.69, 9.17) is 23.2 Å². The van der Waals surface area contributed by atoms with Crippen LogP contribution < -0.4 is 10.0 Å². The molecule has 4 nitrogen and oxygen atoms in total. The van der Waals surface area contributed by atoms with Crippen molar-refractivity contribution in [1.82, 2.24) is 5.32 Å². The Hall–Kier alpha value is -0.490. The van der Waals surface area contributed by atoms with E-state index >= 15 is 0 Å². The summed E-state index contributed by atoms with van der Waals surface area (Å²) in [5, 5.41) is 3.20. The molecule has 19 heavy (non-hydrogen) atoms. The molecular weight excluding hydrogens is 307 g/mol. The van der Waals surface area contributed by atoms with Crippen molar-refractivity contribution in [3.63, 3.8) is 0 Å². The number of sulfonamides is 1. The Bertz CT molecular complexity index is 559. The summed E-state index contributed by atoms with van der Waals surface area (Å²) < 4.78 is 26.8. The number of hydrogen-bond donors (Lipinski definition) is 2. The van der Waals surface area contributed by atoms with Crippen molar-refractivity contribution in [3.8, 4) is 0 Å². The Morgan fingerprint density at radius 3 is 2.68 bits per heavy atom. The molecule has 0 amide bonds. The zero-order valence-electron chi connectivity index (χ0n) is 10.5. The molecule has 2 rings (SSSR count). The van der Waals surface area contributed by atoms with E-state index in [2.05, 4.69) is 10.0 Å². The van der Waals surface area contributed by atoms with Gasteiger partial charge in [-0.1, -0.05) is 29.3 Å². The lowest BCUT2D eigenvalue weighted by Gasteiger charge is -2.16. The second kappa shape index (κ2) is 5.87. The molecule has 0 radical (unpaired) electrons. The molecule has 2 N–H and O–H groups in total. The van der Waals surface area contributed by atoms with Gasteiger partial charge in [0, 0.05) is 12.6 Å². The van der Waals surface area contributed by atoms with Gasteiger partial charge in [0.2, 0.25) is 10.0 Å². The van der Waals surface area contributed by atoms with Crippen LogP contribution in [0, 0.1) is 0 Å². The largest absolute Gasteiger partial charge is 0.313 e. The minimum Gasteiger partial charge on any atom is -0.313 e. The summed E-state index contributed by atoms with van der Waals surface area (Å²) in [7, 11) is -3.48. The zero-order chi connectivity index (χ0) is 14.0. The third kappa shape index (κ3) is 3.99. The van der Waals surface area contributed by atoms with Gasteiger partial charge in [-0.25, -0.2) is 8.42 Å². The molecule has 1 unspecified atom stereocenters. The average molecular weight is 323 g/mol. The normalized spacial score (nSPS) is 17.2. The van der Waals surface area contributed by atoms with Gasteiger partial charge in [-0.05, 0) is 31.9 Å². The van der Waals surface area contributed by atoms with E-state index in [9.17, 15) is 8.42 Å². The molecule has 1 aromatic carbocycles. The molecule has 0 bridgehead atoms. The fourth-order valence-corrected chi connectivity index (χ4v) is 2.96. The Morgan fingerprint density at radius 1 is 1.37 bits per heavy atom. The minimum atomic E-state index is -3.48. The lowest BCUT2D eigenvalue weighted by Crippen LogP contribution is -2.35. The van der Waals surface area contributed by atoms with E-state index < -0.39 is 15.3 Å². The molecule has 1 aromatic rings. The molecule has 1 atom stereocenters. The van der Waals surface area contributed by atoms with Crippen LogP contribution in [0.3, 0.4) is 0 Å². The predicted octanol–water partition coefficient (Wildman–Crippen LogP) is 2.88. The van der Waals surface area contributed by atoms with E-state index in [0.29, 0.717) is 23.3 Å². The van der Waals surface area contributed by atoms with Crippen LogP contribution in [0.1, 0.15) is 19.8 Å². The Balaban J connectivity index is 2.04. The van der Waals surface area contributed by atoms with Gasteiger partial charge in [-0.15, -0.1) is 0 Å². The van der Waals surface area contributed by atoms with E-state index in [1.165, 1.54) is 0 Å². The SMILES string of the molecule is CC(CNC1CC1)S(=O)(=O)Nc1cccc(Cl)c1Cl. The molecule has 106 valence electrons. The van der Waals surface area contributed by atoms with Crippen molar-refractivity contribution >= 4 is 38.9 Å². The fourth-order valence-electron chi connectivity index (χ4n) is 1.57. The minimum absolute atomic E-state index is 0.218. The maximum Gasteiger partial charge on any atom is 0.236 e. The quantitative estimate of drug-likeness (QED) is 0.846. The lowest BCUT2D eigenvalue weighted by molar-refractivity contribution is 0.576. The Morgan fingerprint density at radius 2 is 2.05 bits per heavy atom. The highest BCUT2D eigenvalue weighted by Crippen LogP contribution is 2.30. The molecule has 1 fully saturated rings. The van der Waals surface area contributed by atoms with Crippen LogP contribution in [0.2, 0.25) is 10.0 Å². The first-order chi connectivity index (χ1) is 8.90. The Labute approximate surface area is 123 Å². The topological polar surface area (TPSA) is 58.2 Å². The number of halogens is 2. The smallest absolute Gasteiger partial charge is 0.236 e. The summed E-state index contributed by atoms with van der Waals surface area (Å²) in [5.41, 5.74) is 0.312. The standard InChI is InChI=1S/C12H16Cl2N2O2S/c1-8(7-15-9-5-6-9)19(17,18)16-11-4-2-3-10(13)12(11)14/h2-4,8-9,15-16H,5-7H2,1H3. The molecule has 1 aliphatic carbocycles. The van der Waals surface area contributed by atoms with E-state index in [-0.39, 0.29) is 5.02 Å². The highest BCUT2D eigenvalue weighted by molar-refractivity contribution is 7.93. The number of hydrogen-bond acceptors (Lipinski definition) is 3. The van der Waals surface area contributed by atoms with E-state index in [1.54, 1.807) is 25.1 Å². The molecule has 1 aliphatic rings. The fraction of sp³-hybridized carbons (Fsp3) is 0.500. The van der Waals surface area contributed by atoms with Crippen LogP contribution in [-0.2, 0) is 10.0 Å². The van der Waals surface area contributed by atoms with Gasteiger partial charge in [-0.3, -0.25) is 4.72 Å². The Kier molecular flexibility index (Phi) is 4.61. The molecule has 0 heterocycles. The zero-order valence-corrected chi connectivity index (χ0v) is 12.8. The van der Waals surface area contributed by atoms with Crippen molar-refractivity contribution in [2.24, 2.45) is 0 Å². The number of nitrogens with one attached hydrogen (secondary N) is 2. The van der Waals surface area contributed by atoms with E-state index in [1.807, 2.05) is 0 Å². The number of rotatable bonds is 6. The van der Waals surface area contributed by atoms with Crippen LogP contribution in [-0.4, -0.2) is 26.3 Å². The molecule has 0 spiro atoms. The number of anilines is 1. The molecular formula is C12H16Cl2N2O2S. The van der Waals surface area contributed by atoms with Crippen LogP contribution in [0.15, 0.2) is 18.2 Å². The van der Waals surface area contributed by atoms with Crippen molar-refractivity contribution in [1.29, 1.82) is 0 Å². The first-order valence-electron chi connectivity index (χ1n) is 6.09. The molecule has 1 saturated carbocycles. The summed E-state index contributed by atoms with van der Waals surface area (Å²) in [6, 6.07) is 5.33. The summed E-state index contributed by atoms with van der Waals surface area (Å²) in [4.78, 5) is 0. The van der Waals surface area contributed by atoms with Gasteiger partial charge >= 0.3 is 0 Å². The summed E-state index contributed by atoms with van der Waals surface area (Å²) in [5.74, 6) is 0. The van der Waals surface area contributed by atoms with Crippen molar-refractivity contribution < 1.29 is 8.42 Å². The number of benzene rings is 1. The summed E-state index contributed by atoms with van der Waals surface area (Å²) in [6.45, 7) is 2.09. The first-order valence-corrected chi connectivity index (χ1v) is 8.39. The van der Waals surface area contributed by atoms with Gasteiger partial charge in [0.15, 0.2) is 0 Å². The monoisotopic (exact) mass is 322 g/mol. The maximum absolute atomic E-state index is 12.1. The summed E-state index contributed by atoms with van der Waals surface area (Å²) in [6.07, 6.45) is 2.25. The molecule has 0 aromatic heterocycles. The van der Waals surface area contributed by atoms with Crippen LogP contribution in [0.4, 0.5) is 5.69 Å². The highest BCUT2D eigenvalue weighted by Gasteiger charge is 2.26. The first kappa shape index (κ1) is 14.9. The van der Waals surface area contributed by atoms with Gasteiger partial charge in [0.25, 0.3) is 0 Å². The summed E-state index contributed by atoms with van der Waals surface area (Å²) >= 11 is 11.8. The average Bonchev–Trinajstić information content (AvgIpc) is 3.15. The molecule has 0 aliphatic heterocycles. The predicted molar refractivity (Wildman–Crippen MR) is 79.5 cm³/mol. The van der Waals surface area contributed by atoms with Gasteiger partial charge in [0.1, 0.15) is 0 Å². The maximum atomic E-state index is 12.1. The van der Waals surface area contributed by atoms with Crippen LogP contribution in [0.5, 0.6) is 0 Å². The van der Waals surface area contributed by atoms with Gasteiger partial charge < -0.3 is 5.32 Å². The third-order valence-corrected chi connectivity index (χ3v) is 5.55. The lowest BCUT2D eigenvalue weighted by atomic mass is 10.3. The second-order valence-electron chi connectivity index (χ2n) is 4.74. The van der Waals surface area contributed by atoms with Crippen molar-refractivity contribution in [2.45, 2.75) is 31.1 Å². The van der Waals surface area contributed by atoms with E-state index in [0.717, 1.165) is 12.8 Å². The molecule has 0 saturated heterocycles. The third-order valence-electron chi connectivity index (χ3n) is 3.00. The van der Waals surface area contributed by atoms with Gasteiger partial charge in [-0.2, -0.15) is 0 Å². The van der Waals surface area contributed by atoms with Crippen molar-refractivity contribution in [3.05, 3.63) is 28.2 Å². The van der Waals surface area contributed by atoms with Crippen LogP contribution >= 0.6 is 23.2 Å². The van der Waals surface area contributed by atoms with Gasteiger partial charge in [0.05, 0.1) is 21.0 Å².